The molecule has 0 amide bonds. The minimum absolute atomic E-state index is 0.0347. The molecule has 2 unspecified atom stereocenters. The molecule has 0 saturated carbocycles. The first kappa shape index (κ1) is 28.0. The standard InChI is InChI=1S/C34H32FN5O4/c1-42-34(41)23-7-8-29-30(15-23)40(19-27-9-10-43-27)32(37-29)14-22-11-25-17-39(18-26(25)12-22)31-3-2-4-33(38-31)44-20-24-6-5-21(16-36)13-28(24)35/h2-8,11,13,15,25-27H,9-10,12,14,17-20H2,1H3/t25?,26?,27-/m0/s1. The molecule has 4 aromatic rings. The molecule has 0 N–H and O–H groups in total. The highest BCUT2D eigenvalue weighted by Crippen LogP contribution is 2.40. The van der Waals surface area contributed by atoms with Gasteiger partial charge in [-0.15, -0.1) is 0 Å². The summed E-state index contributed by atoms with van der Waals surface area (Å²) in [6, 6.07) is 17.5. The van der Waals surface area contributed by atoms with E-state index in [1.807, 2.05) is 30.3 Å². The molecule has 2 aromatic carbocycles. The number of carbonyl (C=O) groups excluding carboxylic acids is 1. The molecule has 2 aromatic heterocycles. The van der Waals surface area contributed by atoms with Crippen molar-refractivity contribution in [1.82, 2.24) is 14.5 Å². The minimum atomic E-state index is -0.465. The van der Waals surface area contributed by atoms with Gasteiger partial charge >= 0.3 is 5.97 Å². The van der Waals surface area contributed by atoms with Crippen LogP contribution in [-0.4, -0.2) is 53.4 Å². The van der Waals surface area contributed by atoms with Crippen molar-refractivity contribution < 1.29 is 23.4 Å². The summed E-state index contributed by atoms with van der Waals surface area (Å²) in [7, 11) is 1.39. The molecule has 7 rings (SSSR count). The maximum absolute atomic E-state index is 14.3. The van der Waals surface area contributed by atoms with Gasteiger partial charge in [-0.05, 0) is 61.1 Å². The molecule has 0 radical (unpaired) electrons. The van der Waals surface area contributed by atoms with E-state index in [0.29, 0.717) is 35.4 Å². The minimum Gasteiger partial charge on any atom is -0.473 e. The van der Waals surface area contributed by atoms with Gasteiger partial charge < -0.3 is 23.7 Å². The lowest BCUT2D eigenvalue weighted by molar-refractivity contribution is -0.0589. The lowest BCUT2D eigenvalue weighted by atomic mass is 9.99. The number of anilines is 1. The third kappa shape index (κ3) is 5.51. The molecular weight excluding hydrogens is 561 g/mol. The molecule has 4 heterocycles. The van der Waals surface area contributed by atoms with Gasteiger partial charge in [-0.2, -0.15) is 10.2 Å². The second-order valence-electron chi connectivity index (χ2n) is 11.7. The third-order valence-corrected chi connectivity index (χ3v) is 8.87. The number of carbonyl (C=O) groups is 1. The molecular formula is C34H32FN5O4. The van der Waals surface area contributed by atoms with Crippen LogP contribution in [0.3, 0.4) is 0 Å². The number of hydrogen-bond acceptors (Lipinski definition) is 8. The first-order valence-corrected chi connectivity index (χ1v) is 14.9. The largest absolute Gasteiger partial charge is 0.473 e. The zero-order valence-electron chi connectivity index (χ0n) is 24.4. The highest BCUT2D eigenvalue weighted by Gasteiger charge is 2.37. The van der Waals surface area contributed by atoms with E-state index in [4.69, 9.17) is 29.4 Å². The number of rotatable bonds is 9. The van der Waals surface area contributed by atoms with E-state index in [9.17, 15) is 9.18 Å². The maximum Gasteiger partial charge on any atom is 0.337 e. The van der Waals surface area contributed by atoms with Crippen LogP contribution in [0.15, 0.2) is 66.2 Å². The molecule has 10 heteroatoms. The smallest absolute Gasteiger partial charge is 0.337 e. The van der Waals surface area contributed by atoms with Crippen LogP contribution in [0, 0.1) is 29.0 Å². The fourth-order valence-electron chi connectivity index (χ4n) is 6.46. The van der Waals surface area contributed by atoms with Crippen molar-refractivity contribution in [1.29, 1.82) is 5.26 Å². The van der Waals surface area contributed by atoms with Crippen LogP contribution in [0.25, 0.3) is 11.0 Å². The number of benzene rings is 2. The van der Waals surface area contributed by atoms with Gasteiger partial charge in [-0.1, -0.05) is 23.8 Å². The lowest BCUT2D eigenvalue weighted by Crippen LogP contribution is -2.31. The van der Waals surface area contributed by atoms with Gasteiger partial charge in [0.25, 0.3) is 0 Å². The highest BCUT2D eigenvalue weighted by molar-refractivity contribution is 5.93. The van der Waals surface area contributed by atoms with Gasteiger partial charge in [0.05, 0.1) is 48.0 Å². The maximum atomic E-state index is 14.3. The number of methoxy groups -OCH3 is 1. The zero-order chi connectivity index (χ0) is 30.2. The predicted octanol–water partition coefficient (Wildman–Crippen LogP) is 5.22. The van der Waals surface area contributed by atoms with E-state index in [1.54, 1.807) is 24.3 Å². The first-order chi connectivity index (χ1) is 21.5. The molecule has 224 valence electrons. The molecule has 3 atom stereocenters. The number of pyridine rings is 1. The van der Waals surface area contributed by atoms with Crippen LogP contribution in [0.4, 0.5) is 10.2 Å². The van der Waals surface area contributed by atoms with Gasteiger partial charge in [0.15, 0.2) is 0 Å². The Morgan fingerprint density at radius 3 is 2.80 bits per heavy atom. The lowest BCUT2D eigenvalue weighted by Gasteiger charge is -2.27. The Morgan fingerprint density at radius 1 is 1.16 bits per heavy atom. The molecule has 44 heavy (non-hydrogen) atoms. The summed E-state index contributed by atoms with van der Waals surface area (Å²) in [6.07, 6.45) is 5.34. The quantitative estimate of drug-likeness (QED) is 0.192. The van der Waals surface area contributed by atoms with Crippen molar-refractivity contribution in [3.63, 3.8) is 0 Å². The Labute approximate surface area is 254 Å². The topological polar surface area (TPSA) is 102 Å². The molecule has 2 saturated heterocycles. The van der Waals surface area contributed by atoms with E-state index in [0.717, 1.165) is 61.6 Å². The molecule has 2 fully saturated rings. The Morgan fingerprint density at radius 2 is 2.05 bits per heavy atom. The molecule has 1 aliphatic carbocycles. The van der Waals surface area contributed by atoms with Gasteiger partial charge in [0.1, 0.15) is 24.1 Å². The third-order valence-electron chi connectivity index (χ3n) is 8.87. The van der Waals surface area contributed by atoms with E-state index < -0.39 is 5.82 Å². The van der Waals surface area contributed by atoms with Crippen LogP contribution in [-0.2, 0) is 29.0 Å². The highest BCUT2D eigenvalue weighted by atomic mass is 19.1. The van der Waals surface area contributed by atoms with Gasteiger partial charge in [0, 0.05) is 37.7 Å². The molecule has 2 aliphatic heterocycles. The molecule has 0 spiro atoms. The van der Waals surface area contributed by atoms with Crippen molar-refractivity contribution in [2.75, 3.05) is 31.7 Å². The van der Waals surface area contributed by atoms with Crippen LogP contribution in [0.2, 0.25) is 0 Å². The number of halogens is 1. The van der Waals surface area contributed by atoms with Gasteiger partial charge in [-0.25, -0.2) is 14.2 Å². The summed E-state index contributed by atoms with van der Waals surface area (Å²) in [5.74, 6) is 2.36. The van der Waals surface area contributed by atoms with E-state index >= 15 is 0 Å². The fourth-order valence-corrected chi connectivity index (χ4v) is 6.46. The van der Waals surface area contributed by atoms with Crippen LogP contribution >= 0.6 is 0 Å². The molecule has 0 bridgehead atoms. The second kappa shape index (κ2) is 11.7. The number of imidazole rings is 1. The summed E-state index contributed by atoms with van der Waals surface area (Å²) in [6.45, 7) is 3.29. The molecule has 3 aliphatic rings. The summed E-state index contributed by atoms with van der Waals surface area (Å²) in [5.41, 5.74) is 4.35. The van der Waals surface area contributed by atoms with Gasteiger partial charge in [0.2, 0.25) is 5.88 Å². The summed E-state index contributed by atoms with van der Waals surface area (Å²) in [5, 5.41) is 8.96. The van der Waals surface area contributed by atoms with Crippen molar-refractivity contribution >= 4 is 22.8 Å². The van der Waals surface area contributed by atoms with E-state index in [2.05, 4.69) is 15.5 Å². The predicted molar refractivity (Wildman–Crippen MR) is 161 cm³/mol. The second-order valence-corrected chi connectivity index (χ2v) is 11.7. The number of fused-ring (bicyclic) bond motifs is 2. The SMILES string of the molecule is COC(=O)c1ccc2nc(CC3=CC4CN(c5cccc(OCc6ccc(C#N)cc6F)n5)CC4C3)n(C[C@@H]3CCO3)c2c1. The van der Waals surface area contributed by atoms with Crippen LogP contribution < -0.4 is 9.64 Å². The number of allylic oxidation sites excluding steroid dienone is 1. The number of nitriles is 1. The van der Waals surface area contributed by atoms with Crippen LogP contribution in [0.1, 0.15) is 40.2 Å². The number of aromatic nitrogens is 3. The Bertz CT molecular complexity index is 1810. The Hall–Kier alpha value is -4.75. The summed E-state index contributed by atoms with van der Waals surface area (Å²) < 4.78 is 33.0. The average molecular weight is 594 g/mol. The Kier molecular flexibility index (Phi) is 7.48. The fraction of sp³-hybridized carbons (Fsp3) is 0.353. The van der Waals surface area contributed by atoms with Crippen molar-refractivity contribution in [2.45, 2.75) is 38.5 Å². The van der Waals surface area contributed by atoms with Crippen LogP contribution in [0.5, 0.6) is 5.88 Å². The number of nitrogens with zero attached hydrogens (tertiary/aromatic N) is 5. The van der Waals surface area contributed by atoms with Crippen molar-refractivity contribution in [2.24, 2.45) is 11.8 Å². The zero-order valence-corrected chi connectivity index (χ0v) is 24.4. The normalized spacial score (nSPS) is 20.6. The van der Waals surface area contributed by atoms with Crippen molar-refractivity contribution in [3.05, 3.63) is 94.6 Å². The number of ether oxygens (including phenoxy) is 3. The molecule has 9 nitrogen and oxygen atoms in total. The van der Waals surface area contributed by atoms with Crippen molar-refractivity contribution in [3.8, 4) is 11.9 Å². The van der Waals surface area contributed by atoms with E-state index in [1.165, 1.54) is 18.7 Å². The van der Waals surface area contributed by atoms with Gasteiger partial charge in [-0.3, -0.25) is 0 Å². The summed E-state index contributed by atoms with van der Waals surface area (Å²) in [4.78, 5) is 24.2. The monoisotopic (exact) mass is 593 g/mol. The first-order valence-electron chi connectivity index (χ1n) is 14.9. The Balaban J connectivity index is 1.03. The average Bonchev–Trinajstić information content (AvgIpc) is 3.69. The van der Waals surface area contributed by atoms with E-state index in [-0.39, 0.29) is 24.2 Å². The number of esters is 1. The summed E-state index contributed by atoms with van der Waals surface area (Å²) >= 11 is 0. The number of hydrogen-bond donors (Lipinski definition) is 0.